The Hall–Kier alpha value is -2.43. The number of carbonyl (C=O) groups is 2. The maximum atomic E-state index is 12.8. The Morgan fingerprint density at radius 1 is 0.912 bits per heavy atom. The van der Waals surface area contributed by atoms with Crippen molar-refractivity contribution in [3.8, 4) is 0 Å². The molecule has 8 nitrogen and oxygen atoms in total. The van der Waals surface area contributed by atoms with Gasteiger partial charge in [0.15, 0.2) is 11.2 Å². The normalized spacial score (nSPS) is 27.6. The molecule has 2 aromatic carbocycles. The lowest BCUT2D eigenvalue weighted by molar-refractivity contribution is -0.178. The Kier molecular flexibility index (Phi) is 7.90. The standard InChI is InChI=1S/C25H28O8S/c1-25(2)32-19-18(14-29-22(26)16-10-6-4-7-11-16)34-24(21(20(19)33-25)30-15-28-3)31-23(27)17-12-8-5-9-13-17/h4-13,18-21,24H,14-15H2,1-3H3/t18-,19-,20+,21-,24+/m1/s1. The molecule has 0 unspecified atom stereocenters. The first kappa shape index (κ1) is 24.7. The van der Waals surface area contributed by atoms with Crippen molar-refractivity contribution in [3.05, 3.63) is 71.8 Å². The molecule has 0 amide bonds. The molecular weight excluding hydrogens is 460 g/mol. The second-order valence-corrected chi connectivity index (χ2v) is 9.72. The maximum Gasteiger partial charge on any atom is 0.339 e. The molecule has 2 fully saturated rings. The minimum atomic E-state index is -0.884. The van der Waals surface area contributed by atoms with E-state index in [1.54, 1.807) is 62.4 Å². The molecule has 0 aromatic heterocycles. The first-order valence-corrected chi connectivity index (χ1v) is 11.9. The average molecular weight is 489 g/mol. The van der Waals surface area contributed by atoms with Crippen molar-refractivity contribution in [2.75, 3.05) is 20.5 Å². The van der Waals surface area contributed by atoms with Crippen LogP contribution < -0.4 is 0 Å². The van der Waals surface area contributed by atoms with E-state index >= 15 is 0 Å². The van der Waals surface area contributed by atoms with E-state index in [0.717, 1.165) is 0 Å². The van der Waals surface area contributed by atoms with Crippen molar-refractivity contribution in [2.45, 2.75) is 48.6 Å². The van der Waals surface area contributed by atoms with Crippen molar-refractivity contribution >= 4 is 23.7 Å². The van der Waals surface area contributed by atoms with E-state index in [1.807, 2.05) is 12.1 Å². The smallest absolute Gasteiger partial charge is 0.339 e. The van der Waals surface area contributed by atoms with E-state index < -0.39 is 41.5 Å². The highest BCUT2D eigenvalue weighted by atomic mass is 32.2. The number of ether oxygens (including phenoxy) is 6. The molecule has 5 atom stereocenters. The number of carbonyl (C=O) groups excluding carboxylic acids is 2. The zero-order valence-corrected chi connectivity index (χ0v) is 20.1. The molecule has 182 valence electrons. The molecule has 0 aliphatic carbocycles. The van der Waals surface area contributed by atoms with Gasteiger partial charge in [0.05, 0.1) is 16.4 Å². The lowest BCUT2D eigenvalue weighted by atomic mass is 10.0. The number of methoxy groups -OCH3 is 1. The summed E-state index contributed by atoms with van der Waals surface area (Å²) in [4.78, 5) is 25.4. The maximum absolute atomic E-state index is 12.8. The first-order chi connectivity index (χ1) is 16.4. The van der Waals surface area contributed by atoms with E-state index in [9.17, 15) is 9.59 Å². The Bertz CT molecular complexity index is 967. The highest BCUT2D eigenvalue weighted by molar-refractivity contribution is 8.00. The van der Waals surface area contributed by atoms with Crippen LogP contribution in [0.3, 0.4) is 0 Å². The summed E-state index contributed by atoms with van der Waals surface area (Å²) < 4.78 is 34.8. The van der Waals surface area contributed by atoms with E-state index in [1.165, 1.54) is 18.9 Å². The topological polar surface area (TPSA) is 89.5 Å². The van der Waals surface area contributed by atoms with Gasteiger partial charge in [-0.3, -0.25) is 0 Å². The van der Waals surface area contributed by atoms with Gasteiger partial charge in [-0.2, -0.15) is 0 Å². The van der Waals surface area contributed by atoms with Gasteiger partial charge in [0, 0.05) is 7.11 Å². The Morgan fingerprint density at radius 2 is 1.50 bits per heavy atom. The molecule has 0 radical (unpaired) electrons. The molecule has 2 aromatic rings. The second-order valence-electron chi connectivity index (χ2n) is 8.38. The molecule has 2 aliphatic rings. The van der Waals surface area contributed by atoms with Crippen LogP contribution in [0, 0.1) is 0 Å². The van der Waals surface area contributed by atoms with Crippen LogP contribution >= 0.6 is 11.8 Å². The second kappa shape index (κ2) is 10.9. The molecule has 0 N–H and O–H groups in total. The number of hydrogen-bond donors (Lipinski definition) is 0. The Morgan fingerprint density at radius 3 is 2.12 bits per heavy atom. The third-order valence-electron chi connectivity index (χ3n) is 5.43. The van der Waals surface area contributed by atoms with Gasteiger partial charge >= 0.3 is 11.9 Å². The van der Waals surface area contributed by atoms with Crippen LogP contribution in [0.5, 0.6) is 0 Å². The fourth-order valence-electron chi connectivity index (χ4n) is 3.95. The predicted octanol–water partition coefficient (Wildman–Crippen LogP) is 3.65. The minimum Gasteiger partial charge on any atom is -0.461 e. The lowest BCUT2D eigenvalue weighted by Gasteiger charge is -2.40. The average Bonchev–Trinajstić information content (AvgIpc) is 3.18. The Balaban J connectivity index is 1.53. The van der Waals surface area contributed by atoms with Gasteiger partial charge in [-0.15, -0.1) is 11.8 Å². The molecule has 4 rings (SSSR count). The van der Waals surface area contributed by atoms with Gasteiger partial charge in [0.1, 0.15) is 31.7 Å². The molecule has 0 spiro atoms. The van der Waals surface area contributed by atoms with Crippen LogP contribution in [0.2, 0.25) is 0 Å². The summed E-state index contributed by atoms with van der Waals surface area (Å²) >= 11 is 1.32. The highest BCUT2D eigenvalue weighted by Gasteiger charge is 2.56. The predicted molar refractivity (Wildman–Crippen MR) is 124 cm³/mol. The number of benzene rings is 2. The van der Waals surface area contributed by atoms with Gasteiger partial charge in [0.2, 0.25) is 0 Å². The number of esters is 2. The van der Waals surface area contributed by atoms with Gasteiger partial charge in [-0.1, -0.05) is 36.4 Å². The highest BCUT2D eigenvalue weighted by Crippen LogP contribution is 2.45. The monoisotopic (exact) mass is 488 g/mol. The molecule has 0 saturated carbocycles. The summed E-state index contributed by atoms with van der Waals surface area (Å²) in [5.41, 5.74) is 0.144. The fraction of sp³-hybridized carbons (Fsp3) is 0.440. The SMILES string of the molecule is COCO[C@@H]1[C@H]2OC(C)(C)O[C@@H]2[C@@H](COC(=O)c2ccccc2)S[C@@H]1OC(=O)c1ccccc1. The van der Waals surface area contributed by atoms with Crippen LogP contribution in [0.15, 0.2) is 60.7 Å². The van der Waals surface area contributed by atoms with Crippen LogP contribution in [0.4, 0.5) is 0 Å². The van der Waals surface area contributed by atoms with Gasteiger partial charge in [0.25, 0.3) is 0 Å². The quantitative estimate of drug-likeness (QED) is 0.408. The summed E-state index contributed by atoms with van der Waals surface area (Å²) in [7, 11) is 1.51. The van der Waals surface area contributed by atoms with Crippen molar-refractivity contribution in [3.63, 3.8) is 0 Å². The van der Waals surface area contributed by atoms with Crippen LogP contribution in [-0.2, 0) is 28.4 Å². The largest absolute Gasteiger partial charge is 0.461 e. The van der Waals surface area contributed by atoms with E-state index in [4.69, 9.17) is 28.4 Å². The van der Waals surface area contributed by atoms with Gasteiger partial charge in [-0.05, 0) is 38.1 Å². The zero-order chi connectivity index (χ0) is 24.1. The number of fused-ring (bicyclic) bond motifs is 1. The summed E-state index contributed by atoms with van der Waals surface area (Å²) in [6, 6.07) is 17.5. The first-order valence-electron chi connectivity index (χ1n) is 11.0. The van der Waals surface area contributed by atoms with Crippen LogP contribution in [-0.4, -0.2) is 67.2 Å². The number of rotatable bonds is 8. The summed E-state index contributed by atoms with van der Waals surface area (Å²) in [6.45, 7) is 3.66. The molecular formula is C25H28O8S. The Labute approximate surface area is 202 Å². The zero-order valence-electron chi connectivity index (χ0n) is 19.2. The van der Waals surface area contributed by atoms with E-state index in [0.29, 0.717) is 11.1 Å². The van der Waals surface area contributed by atoms with Gasteiger partial charge < -0.3 is 28.4 Å². The third kappa shape index (κ3) is 5.79. The molecule has 2 aliphatic heterocycles. The van der Waals surface area contributed by atoms with Crippen molar-refractivity contribution in [2.24, 2.45) is 0 Å². The van der Waals surface area contributed by atoms with Crippen molar-refractivity contribution in [1.82, 2.24) is 0 Å². The fourth-order valence-corrected chi connectivity index (χ4v) is 5.34. The van der Waals surface area contributed by atoms with Crippen molar-refractivity contribution in [1.29, 1.82) is 0 Å². The van der Waals surface area contributed by atoms with Gasteiger partial charge in [-0.25, -0.2) is 9.59 Å². The number of thioether (sulfide) groups is 1. The molecule has 9 heteroatoms. The molecule has 0 bridgehead atoms. The lowest BCUT2D eigenvalue weighted by Crippen LogP contribution is -2.55. The summed E-state index contributed by atoms with van der Waals surface area (Å²) in [5, 5.41) is -0.351. The van der Waals surface area contributed by atoms with Crippen LogP contribution in [0.25, 0.3) is 0 Å². The minimum absolute atomic E-state index is 0.00865. The summed E-state index contributed by atoms with van der Waals surface area (Å²) in [5.74, 6) is -1.81. The molecule has 2 heterocycles. The van der Waals surface area contributed by atoms with E-state index in [2.05, 4.69) is 0 Å². The molecule has 2 saturated heterocycles. The van der Waals surface area contributed by atoms with Crippen LogP contribution in [0.1, 0.15) is 34.6 Å². The third-order valence-corrected chi connectivity index (χ3v) is 6.82. The molecule has 34 heavy (non-hydrogen) atoms. The summed E-state index contributed by atoms with van der Waals surface area (Å²) in [6.07, 6.45) is -1.65. The van der Waals surface area contributed by atoms with Crippen molar-refractivity contribution < 1.29 is 38.0 Å². The van der Waals surface area contributed by atoms with E-state index in [-0.39, 0.29) is 18.6 Å². The number of hydrogen-bond acceptors (Lipinski definition) is 9.